The van der Waals surface area contributed by atoms with Crippen LogP contribution in [-0.4, -0.2) is 48.9 Å². The second-order valence-corrected chi connectivity index (χ2v) is 6.43. The van der Waals surface area contributed by atoms with Gasteiger partial charge in [-0.2, -0.15) is 0 Å². The summed E-state index contributed by atoms with van der Waals surface area (Å²) in [6.45, 7) is -2.12. The maximum absolute atomic E-state index is 10.7. The van der Waals surface area contributed by atoms with Crippen LogP contribution in [0.3, 0.4) is 0 Å². The molecular formula is C18H21NO3. The smallest absolute Gasteiger partial charge is 0.165 e. The molecule has 4 aliphatic rings. The number of rotatable bonds is 1. The topological polar surface area (TPSA) is 41.9 Å². The van der Waals surface area contributed by atoms with Crippen LogP contribution in [0.5, 0.6) is 11.5 Å². The molecule has 4 heteroatoms. The monoisotopic (exact) mass is 304 g/mol. The molecule has 22 heavy (non-hydrogen) atoms. The normalized spacial score (nSPS) is 51.6. The highest BCUT2D eigenvalue weighted by Gasteiger charge is 2.64. The second-order valence-electron chi connectivity index (χ2n) is 6.43. The number of piperidine rings is 1. The highest BCUT2D eigenvalue weighted by Crippen LogP contribution is 2.62. The van der Waals surface area contributed by atoms with Crippen molar-refractivity contribution < 1.29 is 21.4 Å². The van der Waals surface area contributed by atoms with Gasteiger partial charge in [0.15, 0.2) is 11.5 Å². The summed E-state index contributed by atoms with van der Waals surface area (Å²) in [4.78, 5) is 1.40. The zero-order chi connectivity index (χ0) is 19.4. The second kappa shape index (κ2) is 4.06. The Morgan fingerprint density at radius 3 is 3.23 bits per heavy atom. The molecule has 1 aromatic rings. The molecule has 2 aliphatic carbocycles. The standard InChI is InChI=1S/C18H21NO3/c1-19-8-7-18-11-4-5-13(20)17(18)22-16-14(21-2)6-3-10(15(16)18)9-12(11)19/h3-6,11-13,17,20H,7-9H2,1-2H3/t11-,12+,13?,17?,18-/m0/s1/i1D3,11D,17D. The van der Waals surface area contributed by atoms with E-state index in [-0.39, 0.29) is 13.0 Å². The van der Waals surface area contributed by atoms with Crippen LogP contribution in [-0.2, 0) is 11.8 Å². The number of ether oxygens (including phenoxy) is 2. The van der Waals surface area contributed by atoms with Gasteiger partial charge in [-0.1, -0.05) is 18.2 Å². The number of benzene rings is 1. The number of hydrogen-bond donors (Lipinski definition) is 1. The maximum atomic E-state index is 10.7. The van der Waals surface area contributed by atoms with E-state index in [1.54, 1.807) is 12.1 Å². The lowest BCUT2D eigenvalue weighted by Gasteiger charge is -2.56. The summed E-state index contributed by atoms with van der Waals surface area (Å²) < 4.78 is 53.8. The Kier molecular flexibility index (Phi) is 1.65. The third-order valence-corrected chi connectivity index (χ3v) is 5.58. The molecule has 5 rings (SSSR count). The minimum absolute atomic E-state index is 0.211. The summed E-state index contributed by atoms with van der Waals surface area (Å²) in [5.41, 5.74) is 0.443. The Morgan fingerprint density at radius 1 is 1.50 bits per heavy atom. The fourth-order valence-electron chi connectivity index (χ4n) is 4.68. The van der Waals surface area contributed by atoms with Crippen LogP contribution < -0.4 is 9.47 Å². The van der Waals surface area contributed by atoms with Crippen molar-refractivity contribution in [3.05, 3.63) is 35.4 Å². The van der Waals surface area contributed by atoms with Gasteiger partial charge in [0.25, 0.3) is 0 Å². The molecule has 0 radical (unpaired) electrons. The van der Waals surface area contributed by atoms with E-state index in [4.69, 9.17) is 15.0 Å². The van der Waals surface area contributed by atoms with Crippen molar-refractivity contribution in [1.82, 2.24) is 4.90 Å². The van der Waals surface area contributed by atoms with E-state index in [2.05, 4.69) is 0 Å². The first-order valence-electron chi connectivity index (χ1n) is 10.1. The lowest BCUT2D eigenvalue weighted by molar-refractivity contribution is -0.0453. The van der Waals surface area contributed by atoms with Crippen molar-refractivity contribution in [2.45, 2.75) is 36.5 Å². The number of likely N-dealkylation sites (tertiary alicyclic amines) is 1. The fraction of sp³-hybridized carbons (Fsp3) is 0.556. The van der Waals surface area contributed by atoms with Crippen LogP contribution >= 0.6 is 0 Å². The first-order chi connectivity index (χ1) is 12.6. The molecule has 5 atom stereocenters. The van der Waals surface area contributed by atoms with E-state index in [0.717, 1.165) is 11.1 Å². The summed E-state index contributed by atoms with van der Waals surface area (Å²) in [6, 6.07) is 2.98. The van der Waals surface area contributed by atoms with Gasteiger partial charge in [0.05, 0.1) is 8.48 Å². The van der Waals surface area contributed by atoms with Crippen LogP contribution in [0, 0.1) is 5.89 Å². The summed E-state index contributed by atoms with van der Waals surface area (Å²) >= 11 is 0. The quantitative estimate of drug-likeness (QED) is 0.799. The van der Waals surface area contributed by atoms with Gasteiger partial charge in [0, 0.05) is 28.4 Å². The van der Waals surface area contributed by atoms with Crippen molar-refractivity contribution >= 4 is 0 Å². The van der Waals surface area contributed by atoms with Gasteiger partial charge < -0.3 is 19.5 Å². The molecule has 116 valence electrons. The summed E-state index contributed by atoms with van der Waals surface area (Å²) in [7, 11) is 1.52. The summed E-state index contributed by atoms with van der Waals surface area (Å²) in [5.74, 6) is -0.522. The number of likely N-dealkylation sites (N-methyl/N-ethyl adjacent to an activating group) is 1. The molecule has 1 fully saturated rings. The predicted molar refractivity (Wildman–Crippen MR) is 82.5 cm³/mol. The Balaban J connectivity index is 1.85. The van der Waals surface area contributed by atoms with E-state index in [0.29, 0.717) is 17.9 Å². The van der Waals surface area contributed by atoms with E-state index in [1.165, 1.54) is 18.1 Å². The van der Waals surface area contributed by atoms with E-state index in [9.17, 15) is 6.48 Å². The van der Waals surface area contributed by atoms with E-state index >= 15 is 0 Å². The Labute approximate surface area is 137 Å². The van der Waals surface area contributed by atoms with Crippen LogP contribution in [0.4, 0.5) is 0 Å². The lowest BCUT2D eigenvalue weighted by Crippen LogP contribution is -2.64. The van der Waals surface area contributed by atoms with Gasteiger partial charge in [-0.3, -0.25) is 0 Å². The zero-order valence-corrected chi connectivity index (χ0v) is 12.3. The number of aliphatic hydroxyl groups excluding tert-OH is 1. The molecule has 1 aromatic carbocycles. The zero-order valence-electron chi connectivity index (χ0n) is 17.3. The predicted octanol–water partition coefficient (Wildman–Crippen LogP) is 1.50. The Bertz CT molecular complexity index is 873. The molecule has 2 heterocycles. The molecular weight excluding hydrogens is 278 g/mol. The van der Waals surface area contributed by atoms with Crippen molar-refractivity contribution in [1.29, 1.82) is 0 Å². The molecule has 4 nitrogen and oxygen atoms in total. The van der Waals surface area contributed by atoms with Crippen molar-refractivity contribution in [2.24, 2.45) is 5.89 Å². The van der Waals surface area contributed by atoms with Gasteiger partial charge in [0.2, 0.25) is 0 Å². The third-order valence-electron chi connectivity index (χ3n) is 5.58. The van der Waals surface area contributed by atoms with Crippen LogP contribution in [0.2, 0.25) is 0 Å². The number of nitrogens with zero attached hydrogens (tertiary/aromatic N) is 1. The van der Waals surface area contributed by atoms with E-state index < -0.39 is 36.5 Å². The molecule has 0 amide bonds. The largest absolute Gasteiger partial charge is 0.493 e. The molecule has 1 N–H and O–H groups in total. The molecule has 0 aromatic heterocycles. The van der Waals surface area contributed by atoms with Gasteiger partial charge in [-0.15, -0.1) is 0 Å². The van der Waals surface area contributed by atoms with Gasteiger partial charge >= 0.3 is 0 Å². The molecule has 2 bridgehead atoms. The average molecular weight is 304 g/mol. The van der Waals surface area contributed by atoms with Crippen molar-refractivity contribution in [3.8, 4) is 11.5 Å². The number of hydrogen-bond acceptors (Lipinski definition) is 4. The maximum Gasteiger partial charge on any atom is 0.165 e. The van der Waals surface area contributed by atoms with Crippen LogP contribution in [0.1, 0.15) is 24.4 Å². The highest BCUT2D eigenvalue weighted by molar-refractivity contribution is 5.62. The SMILES string of the molecule is [2H]C([2H])([2H])N1CC[C@]23c4c5ccc(OC)c4OC2([2H])C(O)C=C[C@@]3([2H])[C@H]1C5. The van der Waals surface area contributed by atoms with Crippen LogP contribution in [0.25, 0.3) is 0 Å². The molecule has 0 saturated carbocycles. The Morgan fingerprint density at radius 2 is 2.41 bits per heavy atom. The van der Waals surface area contributed by atoms with Gasteiger partial charge in [-0.25, -0.2) is 0 Å². The van der Waals surface area contributed by atoms with Crippen molar-refractivity contribution in [3.63, 3.8) is 0 Å². The summed E-state index contributed by atoms with van der Waals surface area (Å²) in [5, 5.41) is 10.7. The van der Waals surface area contributed by atoms with Crippen LogP contribution in [0.15, 0.2) is 24.3 Å². The minimum atomic E-state index is -2.33. The van der Waals surface area contributed by atoms with Gasteiger partial charge in [0.1, 0.15) is 12.2 Å². The number of aliphatic hydroxyl groups is 1. The lowest BCUT2D eigenvalue weighted by atomic mass is 9.53. The first-order valence-corrected chi connectivity index (χ1v) is 7.64. The fourth-order valence-corrected chi connectivity index (χ4v) is 4.68. The van der Waals surface area contributed by atoms with Crippen molar-refractivity contribution in [2.75, 3.05) is 20.6 Å². The molecule has 1 saturated heterocycles. The molecule has 2 unspecified atom stereocenters. The van der Waals surface area contributed by atoms with E-state index in [1.807, 2.05) is 6.07 Å². The number of methoxy groups -OCH3 is 1. The average Bonchev–Trinajstić information content (AvgIpc) is 2.86. The Hall–Kier alpha value is -1.52. The highest BCUT2D eigenvalue weighted by atomic mass is 16.5. The molecule has 1 spiro atoms. The molecule has 2 aliphatic heterocycles. The minimum Gasteiger partial charge on any atom is -0.493 e. The first kappa shape index (κ1) is 8.94. The third kappa shape index (κ3) is 1.28. The van der Waals surface area contributed by atoms with Gasteiger partial charge in [-0.05, 0) is 38.0 Å². The summed E-state index contributed by atoms with van der Waals surface area (Å²) in [6.07, 6.45) is 0.596.